The predicted octanol–water partition coefficient (Wildman–Crippen LogP) is 1.64. The van der Waals surface area contributed by atoms with Crippen molar-refractivity contribution in [2.24, 2.45) is 0 Å². The Hall–Kier alpha value is -1.14. The van der Waals surface area contributed by atoms with Gasteiger partial charge in [-0.1, -0.05) is 30.3 Å². The Morgan fingerprint density at radius 1 is 1.39 bits per heavy atom. The Morgan fingerprint density at radius 2 is 2.06 bits per heavy atom. The Balaban J connectivity index is 2.31. The van der Waals surface area contributed by atoms with Crippen LogP contribution in [0.25, 0.3) is 0 Å². The maximum absolute atomic E-state index is 11.9. The molecule has 0 saturated carbocycles. The van der Waals surface area contributed by atoms with E-state index in [4.69, 9.17) is 5.11 Å². The number of nitrogens with zero attached hydrogens (tertiary/aromatic N) is 1. The molecule has 4 nitrogen and oxygen atoms in total. The summed E-state index contributed by atoms with van der Waals surface area (Å²) in [5.74, 6) is -0.775. The Morgan fingerprint density at radius 3 is 2.61 bits per heavy atom. The van der Waals surface area contributed by atoms with Gasteiger partial charge in [0, 0.05) is 5.75 Å². The SMILES string of the molecule is O=C(O)[C@@H]1CS[C@H](c2ccccc2)N1C(=O)CS. The number of aliphatic carboxylic acids is 1. The van der Waals surface area contributed by atoms with Gasteiger partial charge in [0.15, 0.2) is 0 Å². The lowest BCUT2D eigenvalue weighted by Gasteiger charge is -2.27. The molecule has 0 aromatic heterocycles. The molecular formula is C12H13NO3S2. The molecule has 2 atom stereocenters. The lowest BCUT2D eigenvalue weighted by Crippen LogP contribution is -2.43. The van der Waals surface area contributed by atoms with E-state index in [1.54, 1.807) is 0 Å². The second kappa shape index (κ2) is 5.67. The molecule has 18 heavy (non-hydrogen) atoms. The van der Waals surface area contributed by atoms with Gasteiger partial charge in [-0.25, -0.2) is 4.79 Å². The van der Waals surface area contributed by atoms with Crippen molar-refractivity contribution in [1.82, 2.24) is 4.90 Å². The van der Waals surface area contributed by atoms with Crippen LogP contribution in [0.2, 0.25) is 0 Å². The average molecular weight is 283 g/mol. The third-order valence-corrected chi connectivity index (χ3v) is 4.39. The summed E-state index contributed by atoms with van der Waals surface area (Å²) >= 11 is 5.43. The van der Waals surface area contributed by atoms with E-state index in [0.717, 1.165) is 5.56 Å². The predicted molar refractivity (Wildman–Crippen MR) is 73.8 cm³/mol. The zero-order valence-corrected chi connectivity index (χ0v) is 11.2. The van der Waals surface area contributed by atoms with E-state index in [2.05, 4.69) is 12.6 Å². The number of carbonyl (C=O) groups is 2. The van der Waals surface area contributed by atoms with Crippen molar-refractivity contribution in [2.45, 2.75) is 11.4 Å². The van der Waals surface area contributed by atoms with Gasteiger partial charge in [0.1, 0.15) is 11.4 Å². The molecule has 1 N–H and O–H groups in total. The van der Waals surface area contributed by atoms with Gasteiger partial charge in [-0.3, -0.25) is 4.79 Å². The summed E-state index contributed by atoms with van der Waals surface area (Å²) in [6.45, 7) is 0. The van der Waals surface area contributed by atoms with Crippen LogP contribution in [0, 0.1) is 0 Å². The summed E-state index contributed by atoms with van der Waals surface area (Å²) in [5, 5.41) is 8.93. The second-order valence-corrected chi connectivity index (χ2v) is 5.34. The number of thiol groups is 1. The van der Waals surface area contributed by atoms with Crippen LogP contribution in [0.5, 0.6) is 0 Å². The average Bonchev–Trinajstić information content (AvgIpc) is 2.83. The van der Waals surface area contributed by atoms with Crippen molar-refractivity contribution in [3.63, 3.8) is 0 Å². The lowest BCUT2D eigenvalue weighted by atomic mass is 10.2. The first-order valence-electron chi connectivity index (χ1n) is 5.46. The molecule has 0 aliphatic carbocycles. The van der Waals surface area contributed by atoms with Crippen molar-refractivity contribution in [3.8, 4) is 0 Å². The number of rotatable bonds is 3. The van der Waals surface area contributed by atoms with Crippen LogP contribution in [0.1, 0.15) is 10.9 Å². The molecule has 1 aliphatic rings. The quantitative estimate of drug-likeness (QED) is 0.828. The van der Waals surface area contributed by atoms with Crippen molar-refractivity contribution in [1.29, 1.82) is 0 Å². The molecular weight excluding hydrogens is 270 g/mol. The van der Waals surface area contributed by atoms with Crippen molar-refractivity contribution in [2.75, 3.05) is 11.5 Å². The number of carboxylic acid groups (broad SMARTS) is 1. The highest BCUT2D eigenvalue weighted by atomic mass is 32.2. The maximum Gasteiger partial charge on any atom is 0.327 e. The van der Waals surface area contributed by atoms with Gasteiger partial charge in [-0.15, -0.1) is 11.8 Å². The smallest absolute Gasteiger partial charge is 0.327 e. The fourth-order valence-electron chi connectivity index (χ4n) is 1.96. The number of hydrogen-bond donors (Lipinski definition) is 2. The van der Waals surface area contributed by atoms with Gasteiger partial charge in [-0.2, -0.15) is 12.6 Å². The molecule has 0 spiro atoms. The standard InChI is InChI=1S/C12H13NO3S2/c14-10(6-17)13-9(12(15)16)7-18-11(13)8-4-2-1-3-5-8/h1-5,9,11,17H,6-7H2,(H,15,16)/t9-,11+/m0/s1. The molecule has 2 rings (SSSR count). The molecule has 0 radical (unpaired) electrons. The molecule has 0 bridgehead atoms. The van der Waals surface area contributed by atoms with Crippen LogP contribution >= 0.6 is 24.4 Å². The van der Waals surface area contributed by atoms with E-state index in [9.17, 15) is 9.59 Å². The van der Waals surface area contributed by atoms with Crippen LogP contribution in [0.15, 0.2) is 30.3 Å². The molecule has 6 heteroatoms. The van der Waals surface area contributed by atoms with Gasteiger partial charge in [-0.05, 0) is 5.56 Å². The van der Waals surface area contributed by atoms with Gasteiger partial charge in [0.2, 0.25) is 5.91 Å². The Bertz CT molecular complexity index is 452. The molecule has 1 fully saturated rings. The third-order valence-electron chi connectivity index (χ3n) is 2.79. The molecule has 1 aromatic carbocycles. The molecule has 1 saturated heterocycles. The maximum atomic E-state index is 11.9. The van der Waals surface area contributed by atoms with Crippen molar-refractivity contribution >= 4 is 36.3 Å². The van der Waals surface area contributed by atoms with Gasteiger partial charge in [0.05, 0.1) is 5.75 Å². The van der Waals surface area contributed by atoms with E-state index >= 15 is 0 Å². The number of carboxylic acids is 1. The molecule has 0 unspecified atom stereocenters. The fourth-order valence-corrected chi connectivity index (χ4v) is 3.56. The minimum absolute atomic E-state index is 0.0215. The van der Waals surface area contributed by atoms with Crippen LogP contribution in [0.3, 0.4) is 0 Å². The first kappa shape index (κ1) is 13.3. The minimum Gasteiger partial charge on any atom is -0.480 e. The summed E-state index contributed by atoms with van der Waals surface area (Å²) in [5.41, 5.74) is 0.946. The number of carbonyl (C=O) groups excluding carboxylic acids is 1. The van der Waals surface area contributed by atoms with Crippen LogP contribution in [0.4, 0.5) is 0 Å². The van der Waals surface area contributed by atoms with E-state index in [1.807, 2.05) is 30.3 Å². The lowest BCUT2D eigenvalue weighted by molar-refractivity contribution is -0.148. The summed E-state index contributed by atoms with van der Waals surface area (Å²) in [4.78, 5) is 24.5. The van der Waals surface area contributed by atoms with Crippen LogP contribution in [-0.2, 0) is 9.59 Å². The first-order chi connectivity index (χ1) is 8.65. The van der Waals surface area contributed by atoms with Crippen LogP contribution in [-0.4, -0.2) is 39.4 Å². The summed E-state index contributed by atoms with van der Waals surface area (Å²) < 4.78 is 0. The van der Waals surface area contributed by atoms with E-state index in [-0.39, 0.29) is 17.0 Å². The summed E-state index contributed by atoms with van der Waals surface area (Å²) in [6.07, 6.45) is 0. The number of amides is 1. The van der Waals surface area contributed by atoms with Crippen molar-refractivity contribution < 1.29 is 14.7 Å². The largest absolute Gasteiger partial charge is 0.480 e. The highest BCUT2D eigenvalue weighted by Gasteiger charge is 2.41. The minimum atomic E-state index is -0.962. The first-order valence-corrected chi connectivity index (χ1v) is 7.14. The summed E-state index contributed by atoms with van der Waals surface area (Å²) in [7, 11) is 0. The third kappa shape index (κ3) is 2.49. The normalized spacial score (nSPS) is 23.1. The number of thioether (sulfide) groups is 1. The Kier molecular flexibility index (Phi) is 4.19. The fraction of sp³-hybridized carbons (Fsp3) is 0.333. The second-order valence-electron chi connectivity index (χ2n) is 3.91. The topological polar surface area (TPSA) is 57.6 Å². The van der Waals surface area contributed by atoms with Crippen LogP contribution < -0.4 is 0 Å². The molecule has 96 valence electrons. The highest BCUT2D eigenvalue weighted by Crippen LogP contribution is 2.41. The zero-order valence-electron chi connectivity index (χ0n) is 9.52. The van der Waals surface area contributed by atoms with Gasteiger partial charge in [0.25, 0.3) is 0 Å². The molecule has 1 heterocycles. The monoisotopic (exact) mass is 283 g/mol. The molecule has 1 aliphatic heterocycles. The number of hydrogen-bond acceptors (Lipinski definition) is 4. The van der Waals surface area contributed by atoms with Gasteiger partial charge >= 0.3 is 5.97 Å². The highest BCUT2D eigenvalue weighted by molar-refractivity contribution is 7.99. The molecule has 1 amide bonds. The van der Waals surface area contributed by atoms with E-state index < -0.39 is 12.0 Å². The van der Waals surface area contributed by atoms with E-state index in [1.165, 1.54) is 16.7 Å². The van der Waals surface area contributed by atoms with Crippen molar-refractivity contribution in [3.05, 3.63) is 35.9 Å². The molecule has 1 aromatic rings. The Labute approximate surface area is 115 Å². The zero-order chi connectivity index (χ0) is 13.1. The van der Waals surface area contributed by atoms with Gasteiger partial charge < -0.3 is 10.0 Å². The summed E-state index contributed by atoms with van der Waals surface area (Å²) in [6, 6.07) is 8.70. The van der Waals surface area contributed by atoms with E-state index in [0.29, 0.717) is 5.75 Å². The number of benzene rings is 1.